The van der Waals surface area contributed by atoms with Crippen molar-refractivity contribution in [2.45, 2.75) is 115 Å². The first-order valence-corrected chi connectivity index (χ1v) is 19.2. The summed E-state index contributed by atoms with van der Waals surface area (Å²) in [5.41, 5.74) is -0.181. The van der Waals surface area contributed by atoms with Gasteiger partial charge in [0.2, 0.25) is 11.8 Å². The number of rotatable bonds is 6. The Kier molecular flexibility index (Phi) is 10.9. The summed E-state index contributed by atoms with van der Waals surface area (Å²) in [6.07, 6.45) is 11.0. The molecule has 3 amide bonds. The number of esters is 1. The summed E-state index contributed by atoms with van der Waals surface area (Å²) in [6, 6.07) is -0.727. The maximum absolute atomic E-state index is 14.5. The van der Waals surface area contributed by atoms with Crippen molar-refractivity contribution in [2.24, 2.45) is 5.92 Å². The second-order valence-electron chi connectivity index (χ2n) is 15.0. The highest BCUT2D eigenvalue weighted by atomic mass is 32.1. The van der Waals surface area contributed by atoms with Crippen molar-refractivity contribution >= 4 is 40.9 Å². The average Bonchev–Trinajstić information content (AvgIpc) is 3.60. The van der Waals surface area contributed by atoms with E-state index in [4.69, 9.17) is 9.47 Å². The van der Waals surface area contributed by atoms with Crippen LogP contribution in [-0.4, -0.2) is 88.0 Å². The SMILES string of the molecule is CCOC(=O)[C@@]12C[C@H]1C=CCCCCC[C@H](NC(=O)OC(C)(C)C)C(=O)N1C[C@H](n3ncc(N4CCCC4)c(-c4ccsc4)c3=O)C[C@H]1C(=O)N2. The number of fused-ring (bicyclic) bond motifs is 2. The van der Waals surface area contributed by atoms with E-state index < -0.39 is 53.1 Å². The van der Waals surface area contributed by atoms with E-state index in [2.05, 4.69) is 20.6 Å². The standard InChI is InChI=1S/C37H50N6O7S/c1-5-49-34(47)37-20-25(37)13-9-7-6-8-10-14-27(39-35(48)50-36(2,3)4)32(45)42-22-26(19-28(42)31(44)40-37)43-33(46)30(24-15-18-51-23-24)29(21-38-43)41-16-11-12-17-41/h9,13,15,18,21,23,25-28H,5-8,10-12,14,16-17,19-20,22H2,1-4H3,(H,39,48)(H,40,44)/t25-,26-,27+,28+,37-/m1/s1. The number of anilines is 1. The molecule has 3 aliphatic heterocycles. The summed E-state index contributed by atoms with van der Waals surface area (Å²) in [5, 5.41) is 14.3. The topological polar surface area (TPSA) is 152 Å². The second-order valence-corrected chi connectivity index (χ2v) is 15.8. The molecular weight excluding hydrogens is 673 g/mol. The monoisotopic (exact) mass is 722 g/mol. The molecule has 13 nitrogen and oxygen atoms in total. The molecule has 5 heterocycles. The Morgan fingerprint density at radius 3 is 2.61 bits per heavy atom. The molecule has 0 spiro atoms. The average molecular weight is 723 g/mol. The molecule has 0 unspecified atom stereocenters. The number of thiophene rings is 1. The van der Waals surface area contributed by atoms with E-state index in [0.29, 0.717) is 24.8 Å². The van der Waals surface area contributed by atoms with Gasteiger partial charge in [0.15, 0.2) is 0 Å². The first kappa shape index (κ1) is 36.6. The molecule has 2 aromatic heterocycles. The number of aromatic nitrogens is 2. The van der Waals surface area contributed by atoms with Crippen molar-refractivity contribution in [3.05, 3.63) is 45.5 Å². The van der Waals surface area contributed by atoms with Crippen LogP contribution in [0.15, 0.2) is 40.0 Å². The van der Waals surface area contributed by atoms with E-state index in [1.807, 2.05) is 29.0 Å². The molecule has 2 aromatic rings. The molecule has 4 aliphatic rings. The summed E-state index contributed by atoms with van der Waals surface area (Å²) in [4.78, 5) is 73.2. The van der Waals surface area contributed by atoms with Crippen LogP contribution in [0.25, 0.3) is 11.1 Å². The molecule has 0 bridgehead atoms. The van der Waals surface area contributed by atoms with Gasteiger partial charge in [-0.1, -0.05) is 25.0 Å². The van der Waals surface area contributed by atoms with Gasteiger partial charge in [-0.15, -0.1) is 0 Å². The molecule has 1 aliphatic carbocycles. The zero-order valence-electron chi connectivity index (χ0n) is 30.0. The van der Waals surface area contributed by atoms with Gasteiger partial charge >= 0.3 is 12.1 Å². The maximum Gasteiger partial charge on any atom is 0.408 e. The van der Waals surface area contributed by atoms with Crippen molar-refractivity contribution in [3.8, 4) is 11.1 Å². The Balaban J connectivity index is 1.37. The van der Waals surface area contributed by atoms with Gasteiger partial charge in [-0.25, -0.2) is 14.3 Å². The van der Waals surface area contributed by atoms with Crippen LogP contribution in [0.5, 0.6) is 0 Å². The summed E-state index contributed by atoms with van der Waals surface area (Å²) < 4.78 is 12.3. The number of nitrogens with zero attached hydrogens (tertiary/aromatic N) is 4. The lowest BCUT2D eigenvalue weighted by Gasteiger charge is -2.30. The Bertz CT molecular complexity index is 1700. The highest BCUT2D eigenvalue weighted by Crippen LogP contribution is 2.46. The third-order valence-electron chi connectivity index (χ3n) is 10.2. The predicted molar refractivity (Wildman–Crippen MR) is 193 cm³/mol. The minimum atomic E-state index is -1.23. The normalized spacial score (nSPS) is 27.1. The summed E-state index contributed by atoms with van der Waals surface area (Å²) in [5.74, 6) is -1.71. The number of carbonyl (C=O) groups is 4. The molecule has 0 aromatic carbocycles. The van der Waals surface area contributed by atoms with Gasteiger partial charge in [-0.3, -0.25) is 14.4 Å². The molecule has 3 fully saturated rings. The van der Waals surface area contributed by atoms with Gasteiger partial charge in [0.1, 0.15) is 23.2 Å². The van der Waals surface area contributed by atoms with Gasteiger partial charge in [0.05, 0.1) is 30.1 Å². The van der Waals surface area contributed by atoms with Crippen LogP contribution in [-0.2, 0) is 23.9 Å². The number of amides is 3. The Morgan fingerprint density at radius 1 is 1.12 bits per heavy atom. The maximum atomic E-state index is 14.5. The molecular formula is C37H50N6O7S. The molecule has 1 saturated carbocycles. The summed E-state index contributed by atoms with van der Waals surface area (Å²) >= 11 is 1.50. The smallest absolute Gasteiger partial charge is 0.408 e. The molecule has 6 rings (SSSR count). The van der Waals surface area contributed by atoms with Gasteiger partial charge in [0.25, 0.3) is 5.56 Å². The fourth-order valence-corrected chi connectivity index (χ4v) is 8.19. The van der Waals surface area contributed by atoms with Crippen LogP contribution in [0.4, 0.5) is 10.5 Å². The minimum absolute atomic E-state index is 0.0121. The van der Waals surface area contributed by atoms with Crippen molar-refractivity contribution < 1.29 is 28.7 Å². The van der Waals surface area contributed by atoms with Crippen LogP contribution in [0.2, 0.25) is 0 Å². The fourth-order valence-electron chi connectivity index (χ4n) is 7.55. The van der Waals surface area contributed by atoms with E-state index in [1.54, 1.807) is 33.9 Å². The summed E-state index contributed by atoms with van der Waals surface area (Å²) in [6.45, 7) is 8.81. The largest absolute Gasteiger partial charge is 0.464 e. The van der Waals surface area contributed by atoms with E-state index in [-0.39, 0.29) is 31.0 Å². The van der Waals surface area contributed by atoms with Crippen LogP contribution in [0.3, 0.4) is 0 Å². The molecule has 14 heteroatoms. The first-order chi connectivity index (χ1) is 24.4. The number of carbonyl (C=O) groups excluding carboxylic acids is 4. The van der Waals surface area contributed by atoms with Crippen molar-refractivity contribution in [1.82, 2.24) is 25.3 Å². The first-order valence-electron chi connectivity index (χ1n) is 18.3. The zero-order valence-corrected chi connectivity index (χ0v) is 30.8. The number of hydrogen-bond donors (Lipinski definition) is 2. The highest BCUT2D eigenvalue weighted by Gasteiger charge is 2.62. The van der Waals surface area contributed by atoms with Crippen LogP contribution >= 0.6 is 11.3 Å². The quantitative estimate of drug-likeness (QED) is 0.323. The zero-order chi connectivity index (χ0) is 36.3. The minimum Gasteiger partial charge on any atom is -0.464 e. The number of allylic oxidation sites excluding steroid dienone is 1. The fraction of sp³-hybridized carbons (Fsp3) is 0.622. The number of hydrogen-bond acceptors (Lipinski definition) is 10. The van der Waals surface area contributed by atoms with Crippen molar-refractivity contribution in [1.29, 1.82) is 0 Å². The van der Waals surface area contributed by atoms with Crippen LogP contribution in [0.1, 0.15) is 91.5 Å². The van der Waals surface area contributed by atoms with Gasteiger partial charge < -0.3 is 29.9 Å². The lowest BCUT2D eigenvalue weighted by atomic mass is 10.0. The molecule has 0 radical (unpaired) electrons. The van der Waals surface area contributed by atoms with Crippen molar-refractivity contribution in [2.75, 3.05) is 31.1 Å². The van der Waals surface area contributed by atoms with E-state index in [1.165, 1.54) is 20.9 Å². The number of alkyl carbamates (subject to hydrolysis) is 1. The van der Waals surface area contributed by atoms with E-state index in [0.717, 1.165) is 56.4 Å². The van der Waals surface area contributed by atoms with E-state index >= 15 is 0 Å². The second kappa shape index (κ2) is 15.2. The Morgan fingerprint density at radius 2 is 1.90 bits per heavy atom. The van der Waals surface area contributed by atoms with Crippen LogP contribution in [0, 0.1) is 5.92 Å². The highest BCUT2D eigenvalue weighted by molar-refractivity contribution is 7.08. The van der Waals surface area contributed by atoms with Gasteiger partial charge in [-0.2, -0.15) is 16.4 Å². The van der Waals surface area contributed by atoms with Crippen molar-refractivity contribution in [3.63, 3.8) is 0 Å². The van der Waals surface area contributed by atoms with Gasteiger partial charge in [0, 0.05) is 37.5 Å². The number of ether oxygens (including phenoxy) is 2. The van der Waals surface area contributed by atoms with Crippen LogP contribution < -0.4 is 21.1 Å². The molecule has 5 atom stereocenters. The van der Waals surface area contributed by atoms with Gasteiger partial charge in [-0.05, 0) is 83.0 Å². The predicted octanol–water partition coefficient (Wildman–Crippen LogP) is 4.57. The lowest BCUT2D eigenvalue weighted by Crippen LogP contribution is -2.56. The summed E-state index contributed by atoms with van der Waals surface area (Å²) in [7, 11) is 0. The molecule has 276 valence electrons. The Hall–Kier alpha value is -4.20. The third-order valence-corrected chi connectivity index (χ3v) is 10.9. The van der Waals surface area contributed by atoms with E-state index in [9.17, 15) is 24.0 Å². The number of nitrogens with one attached hydrogen (secondary N) is 2. The third kappa shape index (κ3) is 8.00. The Labute approximate surface area is 302 Å². The molecule has 51 heavy (non-hydrogen) atoms. The lowest BCUT2D eigenvalue weighted by molar-refractivity contribution is -0.150. The molecule has 2 saturated heterocycles. The molecule has 2 N–H and O–H groups in total.